The number of aromatic nitrogens is 1. The molecule has 17 nitrogen and oxygen atoms in total. The number of alkyl carbamates (subject to hydrolysis) is 1. The molecule has 19 heteroatoms. The van der Waals surface area contributed by atoms with E-state index in [9.17, 15) is 32.4 Å². The fourth-order valence-electron chi connectivity index (χ4n) is 6.77. The average molecular weight is 911 g/mol. The van der Waals surface area contributed by atoms with E-state index in [0.717, 1.165) is 5.39 Å². The third-order valence-corrected chi connectivity index (χ3v) is 11.7. The number of amides is 4. The van der Waals surface area contributed by atoms with Crippen LogP contribution in [0.1, 0.15) is 108 Å². The molecule has 2 heterocycles. The Hall–Kier alpha value is -4.42. The van der Waals surface area contributed by atoms with Gasteiger partial charge in [-0.2, -0.15) is 8.42 Å². The number of likely N-dealkylation sites (tertiary alicyclic amines) is 1. The average Bonchev–Trinajstić information content (AvgIpc) is 4.02. The summed E-state index contributed by atoms with van der Waals surface area (Å²) in [7, 11) is -2.88. The number of pyridine rings is 1. The van der Waals surface area contributed by atoms with Crippen LogP contribution in [0.2, 0.25) is 0 Å². The summed E-state index contributed by atoms with van der Waals surface area (Å²) in [6.45, 7) is 20.9. The van der Waals surface area contributed by atoms with Crippen molar-refractivity contribution in [2.24, 2.45) is 22.2 Å². The summed E-state index contributed by atoms with van der Waals surface area (Å²) in [6, 6.07) is 4.97. The highest BCUT2D eigenvalue weighted by Crippen LogP contribution is 2.47. The summed E-state index contributed by atoms with van der Waals surface area (Å²) in [6.07, 6.45) is 1.87. The molecule has 0 bridgehead atoms. The van der Waals surface area contributed by atoms with Crippen molar-refractivity contribution >= 4 is 61.9 Å². The SMILES string of the molecule is CC(C)(C)COC(=O)Cl.CC[C@@H]1C[C@]1(NC(=O)[C@@H]1CC(Oc2nccc3cc(OC)ccc23)CN1C(=O)[C@@H](NC(=O)OCC(C)(C)C)C(C)(C)C)C(=O)NS(=O)(=O)OC1(C)CC1. The molecule has 3 aliphatic rings. The number of hydrogen-bond donors (Lipinski definition) is 3. The molecule has 1 aromatic carbocycles. The van der Waals surface area contributed by atoms with Gasteiger partial charge in [-0.05, 0) is 78.0 Å². The Kier molecular flexibility index (Phi) is 15.5. The Morgan fingerprint density at radius 1 is 0.968 bits per heavy atom. The van der Waals surface area contributed by atoms with Gasteiger partial charge < -0.3 is 34.5 Å². The first kappa shape index (κ1) is 50.2. The van der Waals surface area contributed by atoms with Crippen molar-refractivity contribution in [3.05, 3.63) is 30.5 Å². The fraction of sp³-hybridized carbons (Fsp3) is 0.674. The minimum absolute atomic E-state index is 0.00451. The van der Waals surface area contributed by atoms with E-state index < -0.39 is 74.3 Å². The largest absolute Gasteiger partial charge is 0.497 e. The number of carbonyl (C=O) groups is 5. The Morgan fingerprint density at radius 2 is 1.60 bits per heavy atom. The van der Waals surface area contributed by atoms with E-state index in [0.29, 0.717) is 42.9 Å². The van der Waals surface area contributed by atoms with Gasteiger partial charge in [0.1, 0.15) is 29.5 Å². The van der Waals surface area contributed by atoms with Gasteiger partial charge in [0.15, 0.2) is 0 Å². The van der Waals surface area contributed by atoms with Crippen molar-refractivity contribution in [3.63, 3.8) is 0 Å². The first-order chi connectivity index (χ1) is 28.5. The lowest BCUT2D eigenvalue weighted by Crippen LogP contribution is -2.60. The van der Waals surface area contributed by atoms with E-state index in [1.54, 1.807) is 47.1 Å². The van der Waals surface area contributed by atoms with Crippen LogP contribution in [0, 0.1) is 22.2 Å². The lowest BCUT2D eigenvalue weighted by molar-refractivity contribution is -0.143. The van der Waals surface area contributed by atoms with Gasteiger partial charge in [0.05, 0.1) is 32.5 Å². The van der Waals surface area contributed by atoms with Crippen molar-refractivity contribution in [1.82, 2.24) is 25.2 Å². The maximum atomic E-state index is 14.5. The van der Waals surface area contributed by atoms with E-state index in [4.69, 9.17) is 30.0 Å². The van der Waals surface area contributed by atoms with Crippen LogP contribution in [0.25, 0.3) is 10.8 Å². The van der Waals surface area contributed by atoms with Gasteiger partial charge in [-0.15, -0.1) is 0 Å². The van der Waals surface area contributed by atoms with Crippen molar-refractivity contribution in [2.75, 3.05) is 26.9 Å². The zero-order chi connectivity index (χ0) is 46.6. The second kappa shape index (κ2) is 19.1. The van der Waals surface area contributed by atoms with Gasteiger partial charge in [-0.1, -0.05) is 75.7 Å². The number of methoxy groups -OCH3 is 1. The molecule has 5 atom stereocenters. The van der Waals surface area contributed by atoms with Gasteiger partial charge in [-0.25, -0.2) is 23.5 Å². The number of nitrogens with zero attached hydrogens (tertiary/aromatic N) is 2. The van der Waals surface area contributed by atoms with Gasteiger partial charge in [0.2, 0.25) is 17.7 Å². The number of ether oxygens (including phenoxy) is 4. The summed E-state index contributed by atoms with van der Waals surface area (Å²) in [4.78, 5) is 71.2. The summed E-state index contributed by atoms with van der Waals surface area (Å²) in [5.74, 6) is -1.54. The molecule has 0 radical (unpaired) electrons. The normalized spacial score (nSPS) is 22.3. The molecule has 1 unspecified atom stereocenters. The Labute approximate surface area is 370 Å². The molecular weight excluding hydrogens is 846 g/mol. The quantitative estimate of drug-likeness (QED) is 0.175. The van der Waals surface area contributed by atoms with Gasteiger partial charge in [-0.3, -0.25) is 14.4 Å². The highest BCUT2D eigenvalue weighted by molar-refractivity contribution is 7.85. The van der Waals surface area contributed by atoms with Crippen LogP contribution in [0.3, 0.4) is 0 Å². The predicted molar refractivity (Wildman–Crippen MR) is 232 cm³/mol. The molecule has 0 spiro atoms. The molecule has 1 saturated heterocycles. The molecule has 3 N–H and O–H groups in total. The van der Waals surface area contributed by atoms with E-state index in [1.807, 2.05) is 71.4 Å². The molecule has 2 saturated carbocycles. The standard InChI is InChI=1S/C37H53N5O10S.C6H11ClO2/c1-10-23-19-37(23,32(45)41-53(47,48)52-36(8)14-15-36)40-29(43)27-18-25(51-30-26-12-11-24(49-9)17-22(26)13-16-38-30)20-42(27)31(44)28(35(5,6)7)39-33(46)50-21-34(2,3)4;1-6(2,3)4-9-5(7)8/h11-13,16-17,23,25,27-28H,10,14-15,18-21H2,1-9H3,(H,39,46)(H,40,43)(H,41,45);4H2,1-3H3/t23-,25?,27+,28-,37-;/m1./s1. The fourth-order valence-corrected chi connectivity index (χ4v) is 7.98. The zero-order valence-electron chi connectivity index (χ0n) is 37.9. The van der Waals surface area contributed by atoms with Crippen LogP contribution in [0.5, 0.6) is 11.6 Å². The summed E-state index contributed by atoms with van der Waals surface area (Å²) < 4.78 is 54.4. The van der Waals surface area contributed by atoms with Crippen LogP contribution in [-0.2, 0) is 38.3 Å². The topological polar surface area (TPSA) is 218 Å². The minimum atomic E-state index is -4.45. The first-order valence-electron chi connectivity index (χ1n) is 20.8. The second-order valence-corrected chi connectivity index (χ2v) is 21.6. The first-order valence-corrected chi connectivity index (χ1v) is 22.5. The van der Waals surface area contributed by atoms with Crippen LogP contribution < -0.4 is 24.8 Å². The number of halogens is 1. The molecule has 4 amide bonds. The lowest BCUT2D eigenvalue weighted by Gasteiger charge is -2.35. The van der Waals surface area contributed by atoms with E-state index in [-0.39, 0.29) is 42.7 Å². The molecule has 2 aromatic rings. The summed E-state index contributed by atoms with van der Waals surface area (Å²) in [5.41, 5.74) is -4.25. The van der Waals surface area contributed by atoms with Crippen molar-refractivity contribution in [3.8, 4) is 11.6 Å². The van der Waals surface area contributed by atoms with Gasteiger partial charge in [0.25, 0.3) is 5.91 Å². The van der Waals surface area contributed by atoms with Crippen molar-refractivity contribution < 1.29 is 55.5 Å². The van der Waals surface area contributed by atoms with Crippen molar-refractivity contribution in [2.45, 2.75) is 138 Å². The third-order valence-electron chi connectivity index (χ3n) is 10.5. The number of rotatable bonds is 14. The summed E-state index contributed by atoms with van der Waals surface area (Å²) in [5, 5.41) is 7.03. The lowest BCUT2D eigenvalue weighted by atomic mass is 9.85. The molecule has 5 rings (SSSR count). The van der Waals surface area contributed by atoms with Gasteiger partial charge in [0, 0.05) is 29.6 Å². The van der Waals surface area contributed by atoms with Crippen LogP contribution in [-0.4, -0.2) is 104 Å². The maximum absolute atomic E-state index is 14.5. The van der Waals surface area contributed by atoms with E-state index in [1.165, 1.54) is 4.90 Å². The van der Waals surface area contributed by atoms with Gasteiger partial charge >= 0.3 is 21.8 Å². The molecule has 1 aliphatic heterocycles. The molecule has 62 heavy (non-hydrogen) atoms. The molecule has 346 valence electrons. The summed E-state index contributed by atoms with van der Waals surface area (Å²) >= 11 is 4.92. The van der Waals surface area contributed by atoms with Crippen molar-refractivity contribution in [1.29, 1.82) is 0 Å². The molecular formula is C43H64ClN5O12S. The number of benzene rings is 1. The monoisotopic (exact) mass is 909 g/mol. The molecule has 2 aliphatic carbocycles. The van der Waals surface area contributed by atoms with E-state index in [2.05, 4.69) is 20.4 Å². The van der Waals surface area contributed by atoms with Crippen LogP contribution >= 0.6 is 11.6 Å². The Morgan fingerprint density at radius 3 is 2.11 bits per heavy atom. The number of nitrogens with one attached hydrogen (secondary N) is 3. The molecule has 1 aromatic heterocycles. The smallest absolute Gasteiger partial charge is 0.407 e. The zero-order valence-corrected chi connectivity index (χ0v) is 39.5. The molecule has 3 fully saturated rings. The predicted octanol–water partition coefficient (Wildman–Crippen LogP) is 6.40. The maximum Gasteiger partial charge on any atom is 0.407 e. The van der Waals surface area contributed by atoms with E-state index >= 15 is 0 Å². The minimum Gasteiger partial charge on any atom is -0.497 e. The third kappa shape index (κ3) is 14.0. The van der Waals surface area contributed by atoms with Crippen LogP contribution in [0.15, 0.2) is 30.5 Å². The Balaban J connectivity index is 0.000000843. The highest BCUT2D eigenvalue weighted by Gasteiger charge is 2.62. The highest BCUT2D eigenvalue weighted by atomic mass is 35.5. The number of carbonyl (C=O) groups excluding carboxylic acids is 5. The number of fused-ring (bicyclic) bond motifs is 1. The number of hydrogen-bond acceptors (Lipinski definition) is 13. The van der Waals surface area contributed by atoms with Crippen LogP contribution in [0.4, 0.5) is 9.59 Å². The Bertz CT molecular complexity index is 2090. The second-order valence-electron chi connectivity index (χ2n) is 20.0.